The van der Waals surface area contributed by atoms with Crippen molar-refractivity contribution in [3.05, 3.63) is 17.2 Å². The van der Waals surface area contributed by atoms with Crippen molar-refractivity contribution in [1.82, 2.24) is 19.8 Å². The van der Waals surface area contributed by atoms with Crippen LogP contribution in [0, 0.1) is 6.92 Å². The molecule has 1 fully saturated rings. The van der Waals surface area contributed by atoms with Crippen LogP contribution in [-0.4, -0.2) is 40.6 Å². The van der Waals surface area contributed by atoms with Crippen molar-refractivity contribution in [2.45, 2.75) is 45.7 Å². The Labute approximate surface area is 109 Å². The van der Waals surface area contributed by atoms with Crippen LogP contribution >= 0.6 is 0 Å². The molecule has 100 valence electrons. The van der Waals surface area contributed by atoms with E-state index in [1.54, 1.807) is 0 Å². The van der Waals surface area contributed by atoms with E-state index in [1.165, 1.54) is 49.7 Å². The molecule has 0 bridgehead atoms. The van der Waals surface area contributed by atoms with Gasteiger partial charge in [-0.25, -0.2) is 4.98 Å². The minimum Gasteiger partial charge on any atom is -0.328 e. The largest absolute Gasteiger partial charge is 0.328 e. The Balaban J connectivity index is 1.79. The fourth-order valence-corrected chi connectivity index (χ4v) is 3.47. The highest BCUT2D eigenvalue weighted by atomic mass is 15.2. The van der Waals surface area contributed by atoms with E-state index in [4.69, 9.17) is 4.98 Å². The summed E-state index contributed by atoms with van der Waals surface area (Å²) in [5.74, 6) is 1.19. The van der Waals surface area contributed by atoms with Gasteiger partial charge in [0.15, 0.2) is 0 Å². The Morgan fingerprint density at radius 1 is 1.33 bits per heavy atom. The van der Waals surface area contributed by atoms with Crippen molar-refractivity contribution in [3.8, 4) is 0 Å². The Kier molecular flexibility index (Phi) is 3.39. The monoisotopic (exact) mass is 248 g/mol. The predicted octanol–water partition coefficient (Wildman–Crippen LogP) is 1.49. The molecule has 1 N–H and O–H groups in total. The van der Waals surface area contributed by atoms with Crippen molar-refractivity contribution in [1.29, 1.82) is 0 Å². The molecule has 1 unspecified atom stereocenters. The van der Waals surface area contributed by atoms with Crippen LogP contribution in [0.25, 0.3) is 0 Å². The molecule has 0 aromatic carbocycles. The minimum absolute atomic E-state index is 0.553. The van der Waals surface area contributed by atoms with Crippen LogP contribution in [-0.2, 0) is 13.0 Å². The lowest BCUT2D eigenvalue weighted by Gasteiger charge is -2.25. The van der Waals surface area contributed by atoms with Gasteiger partial charge in [-0.1, -0.05) is 0 Å². The highest BCUT2D eigenvalue weighted by Crippen LogP contribution is 2.22. The summed E-state index contributed by atoms with van der Waals surface area (Å²) in [6.07, 6.45) is 3.87. The van der Waals surface area contributed by atoms with Gasteiger partial charge in [-0.05, 0) is 39.8 Å². The van der Waals surface area contributed by atoms with Crippen LogP contribution < -0.4 is 5.32 Å². The fraction of sp³-hybridized carbons (Fsp3) is 0.786. The molecule has 3 rings (SSSR count). The molecule has 2 aliphatic rings. The van der Waals surface area contributed by atoms with E-state index in [0.29, 0.717) is 6.04 Å². The molecular formula is C14H24N4. The van der Waals surface area contributed by atoms with E-state index in [-0.39, 0.29) is 0 Å². The third kappa shape index (κ3) is 2.19. The molecule has 0 spiro atoms. The second-order valence-electron chi connectivity index (χ2n) is 5.71. The van der Waals surface area contributed by atoms with Crippen molar-refractivity contribution >= 4 is 0 Å². The molecule has 0 radical (unpaired) electrons. The van der Waals surface area contributed by atoms with Gasteiger partial charge in [0.1, 0.15) is 5.82 Å². The van der Waals surface area contributed by atoms with Gasteiger partial charge in [0.25, 0.3) is 0 Å². The molecule has 0 saturated carbocycles. The quantitative estimate of drug-likeness (QED) is 0.880. The van der Waals surface area contributed by atoms with Gasteiger partial charge in [0.2, 0.25) is 0 Å². The van der Waals surface area contributed by atoms with E-state index in [2.05, 4.69) is 28.6 Å². The summed E-state index contributed by atoms with van der Waals surface area (Å²) in [7, 11) is 0. The van der Waals surface area contributed by atoms with E-state index >= 15 is 0 Å². The van der Waals surface area contributed by atoms with Gasteiger partial charge in [-0.2, -0.15) is 0 Å². The Bertz CT molecular complexity index is 418. The van der Waals surface area contributed by atoms with Crippen LogP contribution in [0.5, 0.6) is 0 Å². The summed E-state index contributed by atoms with van der Waals surface area (Å²) in [6.45, 7) is 10.3. The van der Waals surface area contributed by atoms with Gasteiger partial charge < -0.3 is 14.8 Å². The maximum Gasteiger partial charge on any atom is 0.106 e. The van der Waals surface area contributed by atoms with Crippen LogP contribution in [0.1, 0.15) is 43.0 Å². The van der Waals surface area contributed by atoms with E-state index in [1.807, 2.05) is 0 Å². The number of hydrogen-bond donors (Lipinski definition) is 1. The molecule has 1 atom stereocenters. The number of aromatic nitrogens is 2. The number of rotatable bonds is 3. The average molecular weight is 248 g/mol. The first-order valence-electron chi connectivity index (χ1n) is 7.25. The third-order valence-corrected chi connectivity index (χ3v) is 4.26. The molecule has 0 aliphatic carbocycles. The molecule has 4 heteroatoms. The molecular weight excluding hydrogens is 224 g/mol. The second-order valence-corrected chi connectivity index (χ2v) is 5.71. The smallest absolute Gasteiger partial charge is 0.106 e. The first-order valence-corrected chi connectivity index (χ1v) is 7.25. The predicted molar refractivity (Wildman–Crippen MR) is 72.8 cm³/mol. The van der Waals surface area contributed by atoms with Crippen LogP contribution in [0.3, 0.4) is 0 Å². The Morgan fingerprint density at radius 3 is 2.89 bits per heavy atom. The van der Waals surface area contributed by atoms with E-state index < -0.39 is 0 Å². The maximum atomic E-state index is 4.73. The zero-order valence-corrected chi connectivity index (χ0v) is 11.6. The Morgan fingerprint density at radius 2 is 2.11 bits per heavy atom. The number of nitrogens with one attached hydrogen (secondary N) is 1. The summed E-state index contributed by atoms with van der Waals surface area (Å²) in [4.78, 5) is 7.32. The fourth-order valence-electron chi connectivity index (χ4n) is 3.47. The number of likely N-dealkylation sites (tertiary alicyclic amines) is 1. The summed E-state index contributed by atoms with van der Waals surface area (Å²) in [5.41, 5.74) is 2.74. The van der Waals surface area contributed by atoms with Gasteiger partial charge in [-0.3, -0.25) is 0 Å². The maximum absolute atomic E-state index is 4.73. The third-order valence-electron chi connectivity index (χ3n) is 4.26. The zero-order chi connectivity index (χ0) is 12.5. The average Bonchev–Trinajstić information content (AvgIpc) is 2.94. The first kappa shape index (κ1) is 12.2. The lowest BCUT2D eigenvalue weighted by molar-refractivity contribution is 0.282. The molecule has 1 aromatic rings. The minimum atomic E-state index is 0.553. The van der Waals surface area contributed by atoms with Crippen LogP contribution in [0.4, 0.5) is 0 Å². The van der Waals surface area contributed by atoms with Crippen LogP contribution in [0.15, 0.2) is 0 Å². The molecule has 0 amide bonds. The van der Waals surface area contributed by atoms with Gasteiger partial charge >= 0.3 is 0 Å². The lowest BCUT2D eigenvalue weighted by atomic mass is 10.1. The molecule has 18 heavy (non-hydrogen) atoms. The molecule has 1 aromatic heterocycles. The first-order chi connectivity index (χ1) is 8.75. The number of aryl methyl sites for hydroxylation is 1. The van der Waals surface area contributed by atoms with Crippen molar-refractivity contribution in [2.24, 2.45) is 0 Å². The van der Waals surface area contributed by atoms with E-state index in [0.717, 1.165) is 19.5 Å². The normalized spacial score (nSPS) is 22.1. The number of nitrogens with zero attached hydrogens (tertiary/aromatic N) is 3. The van der Waals surface area contributed by atoms with Crippen molar-refractivity contribution in [2.75, 3.05) is 26.2 Å². The molecule has 3 heterocycles. The summed E-state index contributed by atoms with van der Waals surface area (Å²) < 4.78 is 2.48. The SMILES string of the molecule is Cc1nc2c(n1C(C)CN1CCCC1)CCNC2. The summed E-state index contributed by atoms with van der Waals surface area (Å²) in [5, 5.41) is 3.41. The van der Waals surface area contributed by atoms with E-state index in [9.17, 15) is 0 Å². The number of hydrogen-bond acceptors (Lipinski definition) is 3. The lowest BCUT2D eigenvalue weighted by Crippen LogP contribution is -2.30. The second kappa shape index (κ2) is 5.02. The van der Waals surface area contributed by atoms with Gasteiger partial charge in [0.05, 0.1) is 5.69 Å². The summed E-state index contributed by atoms with van der Waals surface area (Å²) in [6, 6.07) is 0.553. The van der Waals surface area contributed by atoms with Gasteiger partial charge in [-0.15, -0.1) is 0 Å². The topological polar surface area (TPSA) is 33.1 Å². The van der Waals surface area contributed by atoms with Crippen LogP contribution in [0.2, 0.25) is 0 Å². The highest BCUT2D eigenvalue weighted by molar-refractivity contribution is 5.20. The molecule has 1 saturated heterocycles. The molecule has 4 nitrogen and oxygen atoms in total. The van der Waals surface area contributed by atoms with Crippen molar-refractivity contribution in [3.63, 3.8) is 0 Å². The highest BCUT2D eigenvalue weighted by Gasteiger charge is 2.23. The van der Waals surface area contributed by atoms with Gasteiger partial charge in [0, 0.05) is 37.8 Å². The Hall–Kier alpha value is -0.870. The number of fused-ring (bicyclic) bond motifs is 1. The standard InChI is InChI=1S/C14H24N4/c1-11(10-17-7-3-4-8-17)18-12(2)16-13-9-15-6-5-14(13)18/h11,15H,3-10H2,1-2H3. The number of imidazole rings is 1. The zero-order valence-electron chi connectivity index (χ0n) is 11.6. The molecule has 2 aliphatic heterocycles. The summed E-state index contributed by atoms with van der Waals surface area (Å²) >= 11 is 0. The van der Waals surface area contributed by atoms with Crippen molar-refractivity contribution < 1.29 is 0 Å².